The third-order valence-electron chi connectivity index (χ3n) is 4.34. The lowest BCUT2D eigenvalue weighted by molar-refractivity contribution is -0.133. The van der Waals surface area contributed by atoms with Crippen molar-refractivity contribution < 1.29 is 24.2 Å². The highest BCUT2D eigenvalue weighted by Crippen LogP contribution is 2.35. The van der Waals surface area contributed by atoms with Gasteiger partial charge in [0.15, 0.2) is 11.5 Å². The fourth-order valence-electron chi connectivity index (χ4n) is 2.91. The van der Waals surface area contributed by atoms with Gasteiger partial charge in [0, 0.05) is 5.56 Å². The second-order valence-corrected chi connectivity index (χ2v) is 5.98. The van der Waals surface area contributed by atoms with E-state index in [1.54, 1.807) is 18.2 Å². The molecule has 26 heavy (non-hydrogen) atoms. The quantitative estimate of drug-likeness (QED) is 0.502. The molecule has 6 nitrogen and oxygen atoms in total. The lowest BCUT2D eigenvalue weighted by Crippen LogP contribution is -2.21. The van der Waals surface area contributed by atoms with Crippen LogP contribution in [-0.2, 0) is 9.59 Å². The first-order valence-corrected chi connectivity index (χ1v) is 8.03. The molecule has 0 bridgehead atoms. The van der Waals surface area contributed by atoms with Gasteiger partial charge in [-0.2, -0.15) is 0 Å². The molecule has 0 aromatic heterocycles. The molecule has 1 aliphatic rings. The van der Waals surface area contributed by atoms with Crippen LogP contribution >= 0.6 is 0 Å². The number of aliphatic hydroxyl groups excluding tert-OH is 1. The standard InChI is InChI=1S/C20H19NO5/c1-11-4-6-12(7-5-11)17-16(19(23)20(24)21-17)18(22)13-8-9-14(25-2)15(10-13)26-3/h4-10,17,22H,1-3H3,(H,21,24). The number of Topliss-reactive ketones (excluding diaryl/α,β-unsaturated/α-hetero) is 1. The molecule has 2 aromatic carbocycles. The minimum absolute atomic E-state index is 0.0195. The summed E-state index contributed by atoms with van der Waals surface area (Å²) < 4.78 is 10.4. The summed E-state index contributed by atoms with van der Waals surface area (Å²) in [4.78, 5) is 24.3. The van der Waals surface area contributed by atoms with Crippen LogP contribution in [0.4, 0.5) is 0 Å². The maximum atomic E-state index is 12.4. The van der Waals surface area contributed by atoms with Gasteiger partial charge in [0.2, 0.25) is 0 Å². The molecule has 0 radical (unpaired) electrons. The second kappa shape index (κ2) is 6.92. The third-order valence-corrected chi connectivity index (χ3v) is 4.34. The van der Waals surface area contributed by atoms with E-state index in [4.69, 9.17) is 9.47 Å². The summed E-state index contributed by atoms with van der Waals surface area (Å²) in [6, 6.07) is 11.5. The second-order valence-electron chi connectivity index (χ2n) is 5.98. The molecule has 2 N–H and O–H groups in total. The highest BCUT2D eigenvalue weighted by molar-refractivity contribution is 6.46. The van der Waals surface area contributed by atoms with Gasteiger partial charge >= 0.3 is 0 Å². The number of carbonyl (C=O) groups excluding carboxylic acids is 2. The van der Waals surface area contributed by atoms with Gasteiger partial charge in [-0.25, -0.2) is 0 Å². The Morgan fingerprint density at radius 2 is 1.65 bits per heavy atom. The Morgan fingerprint density at radius 1 is 1.00 bits per heavy atom. The smallest absolute Gasteiger partial charge is 0.293 e. The third kappa shape index (κ3) is 3.01. The molecule has 134 valence electrons. The normalized spacial score (nSPS) is 18.5. The van der Waals surface area contributed by atoms with Gasteiger partial charge in [-0.1, -0.05) is 29.8 Å². The molecule has 1 saturated heterocycles. The van der Waals surface area contributed by atoms with Crippen LogP contribution in [0.25, 0.3) is 5.76 Å². The van der Waals surface area contributed by atoms with E-state index in [-0.39, 0.29) is 11.3 Å². The summed E-state index contributed by atoms with van der Waals surface area (Å²) in [5.41, 5.74) is 2.15. The van der Waals surface area contributed by atoms with Crippen LogP contribution in [0.2, 0.25) is 0 Å². The molecule has 2 aromatic rings. The maximum absolute atomic E-state index is 12.4. The average Bonchev–Trinajstić information content (AvgIpc) is 2.96. The molecule has 0 spiro atoms. The lowest BCUT2D eigenvalue weighted by Gasteiger charge is -2.15. The van der Waals surface area contributed by atoms with Crippen LogP contribution in [0, 0.1) is 6.92 Å². The zero-order chi connectivity index (χ0) is 18.8. The maximum Gasteiger partial charge on any atom is 0.293 e. The van der Waals surface area contributed by atoms with Gasteiger partial charge in [-0.3, -0.25) is 9.59 Å². The van der Waals surface area contributed by atoms with Crippen molar-refractivity contribution in [3.05, 3.63) is 64.7 Å². The number of hydrogen-bond acceptors (Lipinski definition) is 5. The Kier molecular flexibility index (Phi) is 4.67. The number of rotatable bonds is 4. The summed E-state index contributed by atoms with van der Waals surface area (Å²) in [5, 5.41) is 13.4. The van der Waals surface area contributed by atoms with E-state index < -0.39 is 17.7 Å². The number of benzene rings is 2. The molecule has 1 fully saturated rings. The minimum atomic E-state index is -0.747. The Morgan fingerprint density at radius 3 is 2.27 bits per heavy atom. The van der Waals surface area contributed by atoms with E-state index in [2.05, 4.69) is 5.32 Å². The van der Waals surface area contributed by atoms with Gasteiger partial charge in [0.05, 0.1) is 25.8 Å². The SMILES string of the molecule is COc1ccc(C(O)=C2C(=O)C(=O)NC2c2ccc(C)cc2)cc1OC. The van der Waals surface area contributed by atoms with E-state index in [1.807, 2.05) is 31.2 Å². The summed E-state index contributed by atoms with van der Waals surface area (Å²) >= 11 is 0. The molecule has 1 heterocycles. The molecule has 3 rings (SSSR count). The summed E-state index contributed by atoms with van der Waals surface area (Å²) in [7, 11) is 2.99. The predicted octanol–water partition coefficient (Wildman–Crippen LogP) is 2.72. The minimum Gasteiger partial charge on any atom is -0.507 e. The van der Waals surface area contributed by atoms with E-state index in [9.17, 15) is 14.7 Å². The Balaban J connectivity index is 2.11. The number of methoxy groups -OCH3 is 2. The van der Waals surface area contributed by atoms with Crippen molar-refractivity contribution in [1.82, 2.24) is 5.32 Å². The summed E-state index contributed by atoms with van der Waals surface area (Å²) in [6.45, 7) is 1.94. The Labute approximate surface area is 151 Å². The number of nitrogens with one attached hydrogen (secondary N) is 1. The van der Waals surface area contributed by atoms with Crippen molar-refractivity contribution >= 4 is 17.4 Å². The number of ketones is 1. The predicted molar refractivity (Wildman–Crippen MR) is 96.2 cm³/mol. The Bertz CT molecular complexity index is 899. The first-order valence-electron chi connectivity index (χ1n) is 8.03. The molecular formula is C20H19NO5. The van der Waals surface area contributed by atoms with Crippen LogP contribution < -0.4 is 14.8 Å². The number of aryl methyl sites for hydroxylation is 1. The summed E-state index contributed by atoms with van der Waals surface area (Å²) in [5.74, 6) is -0.842. The molecule has 0 aliphatic carbocycles. The molecule has 0 saturated carbocycles. The van der Waals surface area contributed by atoms with Gasteiger partial charge < -0.3 is 19.9 Å². The molecule has 1 aliphatic heterocycles. The monoisotopic (exact) mass is 353 g/mol. The largest absolute Gasteiger partial charge is 0.507 e. The van der Waals surface area contributed by atoms with Crippen LogP contribution in [0.1, 0.15) is 22.7 Å². The van der Waals surface area contributed by atoms with Gasteiger partial charge in [0.1, 0.15) is 5.76 Å². The molecule has 1 unspecified atom stereocenters. The van der Waals surface area contributed by atoms with Crippen molar-refractivity contribution in [2.45, 2.75) is 13.0 Å². The van der Waals surface area contributed by atoms with Gasteiger partial charge in [0.25, 0.3) is 11.7 Å². The molecule has 1 amide bonds. The van der Waals surface area contributed by atoms with Crippen molar-refractivity contribution in [3.63, 3.8) is 0 Å². The summed E-state index contributed by atoms with van der Waals surface area (Å²) in [6.07, 6.45) is 0. The topological polar surface area (TPSA) is 84.9 Å². The molecule has 6 heteroatoms. The van der Waals surface area contributed by atoms with E-state index >= 15 is 0 Å². The number of amides is 1. The van der Waals surface area contributed by atoms with E-state index in [0.29, 0.717) is 17.1 Å². The fourth-order valence-corrected chi connectivity index (χ4v) is 2.91. The molecular weight excluding hydrogens is 334 g/mol. The number of carbonyl (C=O) groups is 2. The number of hydrogen-bond donors (Lipinski definition) is 2. The van der Waals surface area contributed by atoms with Crippen LogP contribution in [-0.4, -0.2) is 31.0 Å². The van der Waals surface area contributed by atoms with Gasteiger partial charge in [-0.15, -0.1) is 0 Å². The number of ether oxygens (including phenoxy) is 2. The van der Waals surface area contributed by atoms with E-state index in [0.717, 1.165) is 11.1 Å². The zero-order valence-corrected chi connectivity index (χ0v) is 14.7. The van der Waals surface area contributed by atoms with Gasteiger partial charge in [-0.05, 0) is 30.7 Å². The van der Waals surface area contributed by atoms with Crippen LogP contribution in [0.3, 0.4) is 0 Å². The highest BCUT2D eigenvalue weighted by atomic mass is 16.5. The molecule has 1 atom stereocenters. The fraction of sp³-hybridized carbons (Fsp3) is 0.200. The van der Waals surface area contributed by atoms with Crippen molar-refractivity contribution in [2.24, 2.45) is 0 Å². The lowest BCUT2D eigenvalue weighted by atomic mass is 9.95. The van der Waals surface area contributed by atoms with E-state index in [1.165, 1.54) is 14.2 Å². The first-order chi connectivity index (χ1) is 12.5. The highest BCUT2D eigenvalue weighted by Gasteiger charge is 2.39. The van der Waals surface area contributed by atoms with Crippen LogP contribution in [0.5, 0.6) is 11.5 Å². The van der Waals surface area contributed by atoms with Crippen LogP contribution in [0.15, 0.2) is 48.0 Å². The van der Waals surface area contributed by atoms with Crippen molar-refractivity contribution in [3.8, 4) is 11.5 Å². The average molecular weight is 353 g/mol. The van der Waals surface area contributed by atoms with Crippen molar-refractivity contribution in [1.29, 1.82) is 0 Å². The zero-order valence-electron chi connectivity index (χ0n) is 14.7. The Hall–Kier alpha value is -3.28. The number of aliphatic hydroxyl groups is 1. The first kappa shape index (κ1) is 17.5. The van der Waals surface area contributed by atoms with Crippen molar-refractivity contribution in [2.75, 3.05) is 14.2 Å².